The Hall–Kier alpha value is -2.04. The summed E-state index contributed by atoms with van der Waals surface area (Å²) in [6, 6.07) is 8.51. The molecule has 23 heavy (non-hydrogen) atoms. The molecular formula is C17H15Cl2NO3. The lowest BCUT2D eigenvalue weighted by molar-refractivity contribution is -0.118. The van der Waals surface area contributed by atoms with Crippen LogP contribution in [-0.2, 0) is 4.79 Å². The van der Waals surface area contributed by atoms with Crippen LogP contribution >= 0.6 is 23.2 Å². The molecule has 0 atom stereocenters. The first-order chi connectivity index (χ1) is 10.9. The maximum Gasteiger partial charge on any atom is 0.262 e. The molecule has 0 bridgehead atoms. The minimum Gasteiger partial charge on any atom is -0.481 e. The quantitative estimate of drug-likeness (QED) is 0.810. The van der Waals surface area contributed by atoms with Crippen LogP contribution in [0, 0.1) is 13.8 Å². The highest BCUT2D eigenvalue weighted by molar-refractivity contribution is 6.37. The van der Waals surface area contributed by atoms with Crippen molar-refractivity contribution in [1.82, 2.24) is 0 Å². The van der Waals surface area contributed by atoms with Crippen LogP contribution in [0.15, 0.2) is 30.3 Å². The van der Waals surface area contributed by atoms with E-state index in [-0.39, 0.29) is 28.3 Å². The van der Waals surface area contributed by atoms with E-state index in [1.165, 1.54) is 12.1 Å². The van der Waals surface area contributed by atoms with E-state index in [4.69, 9.17) is 27.9 Å². The molecule has 0 saturated carbocycles. The molecule has 1 amide bonds. The van der Waals surface area contributed by atoms with Gasteiger partial charge in [0, 0.05) is 11.3 Å². The van der Waals surface area contributed by atoms with E-state index in [0.717, 1.165) is 16.8 Å². The minimum absolute atomic E-state index is 0.176. The molecular weight excluding hydrogens is 337 g/mol. The molecule has 0 aliphatic heterocycles. The number of hydrogen-bond donors (Lipinski definition) is 1. The van der Waals surface area contributed by atoms with Gasteiger partial charge in [-0.05, 0) is 43.2 Å². The molecule has 0 fully saturated rings. The first kappa shape index (κ1) is 17.3. The second-order valence-electron chi connectivity index (χ2n) is 5.02. The Balaban J connectivity index is 2.05. The van der Waals surface area contributed by atoms with Crippen molar-refractivity contribution in [3.63, 3.8) is 0 Å². The third-order valence-corrected chi connectivity index (χ3v) is 3.94. The van der Waals surface area contributed by atoms with E-state index in [2.05, 4.69) is 5.32 Å². The van der Waals surface area contributed by atoms with Crippen LogP contribution in [0.3, 0.4) is 0 Å². The number of aryl methyl sites for hydroxylation is 1. The van der Waals surface area contributed by atoms with E-state index in [0.29, 0.717) is 11.8 Å². The fourth-order valence-electron chi connectivity index (χ4n) is 2.00. The Morgan fingerprint density at radius 2 is 1.87 bits per heavy atom. The van der Waals surface area contributed by atoms with Crippen LogP contribution in [0.4, 0.5) is 5.69 Å². The third kappa shape index (κ3) is 4.24. The number of hydrogen-bond acceptors (Lipinski definition) is 3. The highest BCUT2D eigenvalue weighted by atomic mass is 35.5. The summed E-state index contributed by atoms with van der Waals surface area (Å²) in [6.07, 6.45) is 0.634. The fourth-order valence-corrected chi connectivity index (χ4v) is 2.61. The largest absolute Gasteiger partial charge is 0.481 e. The lowest BCUT2D eigenvalue weighted by Crippen LogP contribution is -2.21. The summed E-state index contributed by atoms with van der Waals surface area (Å²) in [6.45, 7) is 3.65. The van der Waals surface area contributed by atoms with Crippen molar-refractivity contribution in [2.45, 2.75) is 13.8 Å². The van der Waals surface area contributed by atoms with Gasteiger partial charge >= 0.3 is 0 Å². The predicted molar refractivity (Wildman–Crippen MR) is 91.9 cm³/mol. The normalized spacial score (nSPS) is 10.3. The van der Waals surface area contributed by atoms with Crippen LogP contribution in [0.2, 0.25) is 10.0 Å². The molecule has 2 aromatic rings. The van der Waals surface area contributed by atoms with E-state index < -0.39 is 0 Å². The number of halogens is 2. The van der Waals surface area contributed by atoms with Crippen LogP contribution in [0.5, 0.6) is 5.75 Å². The van der Waals surface area contributed by atoms with Gasteiger partial charge in [0.25, 0.3) is 5.91 Å². The summed E-state index contributed by atoms with van der Waals surface area (Å²) in [4.78, 5) is 22.7. The minimum atomic E-state index is -0.328. The maximum absolute atomic E-state index is 12.0. The average molecular weight is 352 g/mol. The van der Waals surface area contributed by atoms with E-state index >= 15 is 0 Å². The van der Waals surface area contributed by atoms with E-state index in [9.17, 15) is 9.59 Å². The summed E-state index contributed by atoms with van der Waals surface area (Å²) in [7, 11) is 0. The van der Waals surface area contributed by atoms with E-state index in [1.807, 2.05) is 32.0 Å². The number of nitrogens with one attached hydrogen (secondary N) is 1. The van der Waals surface area contributed by atoms with Crippen LogP contribution < -0.4 is 10.1 Å². The van der Waals surface area contributed by atoms with Crippen molar-refractivity contribution in [3.8, 4) is 5.75 Å². The van der Waals surface area contributed by atoms with Crippen LogP contribution in [0.25, 0.3) is 0 Å². The number of rotatable bonds is 5. The molecule has 1 N–H and O–H groups in total. The molecule has 0 saturated heterocycles. The van der Waals surface area contributed by atoms with Gasteiger partial charge in [0.15, 0.2) is 12.4 Å². The summed E-state index contributed by atoms with van der Waals surface area (Å²) in [5.41, 5.74) is 3.14. The zero-order valence-corrected chi connectivity index (χ0v) is 14.2. The smallest absolute Gasteiger partial charge is 0.262 e. The van der Waals surface area contributed by atoms with Crippen molar-refractivity contribution in [2.75, 3.05) is 11.9 Å². The summed E-state index contributed by atoms with van der Waals surface area (Å²) >= 11 is 12.0. The summed E-state index contributed by atoms with van der Waals surface area (Å²) < 4.78 is 5.38. The molecule has 4 nitrogen and oxygen atoms in total. The second-order valence-corrected chi connectivity index (χ2v) is 5.83. The number of anilines is 1. The van der Waals surface area contributed by atoms with Crippen molar-refractivity contribution in [2.24, 2.45) is 0 Å². The highest BCUT2D eigenvalue weighted by Gasteiger charge is 2.12. The number of ether oxygens (including phenoxy) is 1. The molecule has 0 radical (unpaired) electrons. The topological polar surface area (TPSA) is 55.4 Å². The Morgan fingerprint density at radius 1 is 1.22 bits per heavy atom. The number of carbonyl (C=O) groups is 2. The first-order valence-corrected chi connectivity index (χ1v) is 7.61. The third-order valence-electron chi connectivity index (χ3n) is 3.38. The zero-order valence-electron chi connectivity index (χ0n) is 12.7. The fraction of sp³-hybridized carbons (Fsp3) is 0.176. The Bertz CT molecular complexity index is 736. The number of aldehydes is 1. The molecule has 0 spiro atoms. The number of amides is 1. The summed E-state index contributed by atoms with van der Waals surface area (Å²) in [5.74, 6) is -0.152. The van der Waals surface area contributed by atoms with Gasteiger partial charge in [-0.15, -0.1) is 0 Å². The Morgan fingerprint density at radius 3 is 2.48 bits per heavy atom. The van der Waals surface area contributed by atoms with Gasteiger partial charge in [-0.25, -0.2) is 0 Å². The average Bonchev–Trinajstić information content (AvgIpc) is 2.50. The zero-order chi connectivity index (χ0) is 17.0. The van der Waals surface area contributed by atoms with Gasteiger partial charge in [0.2, 0.25) is 0 Å². The highest BCUT2D eigenvalue weighted by Crippen LogP contribution is 2.33. The lowest BCUT2D eigenvalue weighted by atomic mass is 10.1. The van der Waals surface area contributed by atoms with Crippen molar-refractivity contribution < 1.29 is 14.3 Å². The first-order valence-electron chi connectivity index (χ1n) is 6.85. The second kappa shape index (κ2) is 7.49. The van der Waals surface area contributed by atoms with Crippen molar-refractivity contribution >= 4 is 41.1 Å². The van der Waals surface area contributed by atoms with Gasteiger partial charge in [-0.2, -0.15) is 0 Å². The predicted octanol–water partition coefficient (Wildman–Crippen LogP) is 4.44. The Labute approximate surface area is 144 Å². The molecule has 0 aliphatic rings. The van der Waals surface area contributed by atoms with Gasteiger partial charge in [0.05, 0.1) is 10.0 Å². The van der Waals surface area contributed by atoms with E-state index in [1.54, 1.807) is 0 Å². The van der Waals surface area contributed by atoms with Gasteiger partial charge in [-0.3, -0.25) is 9.59 Å². The molecule has 6 heteroatoms. The molecule has 120 valence electrons. The maximum atomic E-state index is 12.0. The van der Waals surface area contributed by atoms with Crippen molar-refractivity contribution in [1.29, 1.82) is 0 Å². The SMILES string of the molecule is Cc1cccc(NC(=O)COc2c(Cl)cc(C=O)cc2Cl)c1C. The molecule has 2 aromatic carbocycles. The van der Waals surface area contributed by atoms with Gasteiger partial charge in [0.1, 0.15) is 6.29 Å². The van der Waals surface area contributed by atoms with Crippen LogP contribution in [0.1, 0.15) is 21.5 Å². The monoisotopic (exact) mass is 351 g/mol. The number of carbonyl (C=O) groups excluding carboxylic acids is 2. The molecule has 0 heterocycles. The van der Waals surface area contributed by atoms with Crippen LogP contribution in [-0.4, -0.2) is 18.8 Å². The standard InChI is InChI=1S/C17H15Cl2NO3/c1-10-4-3-5-15(11(10)2)20-16(22)9-23-17-13(18)6-12(8-21)7-14(17)19/h3-8H,9H2,1-2H3,(H,20,22). The number of benzene rings is 2. The molecule has 0 aliphatic carbocycles. The van der Waals surface area contributed by atoms with Gasteiger partial charge in [-0.1, -0.05) is 35.3 Å². The molecule has 2 rings (SSSR count). The summed E-state index contributed by atoms with van der Waals surface area (Å²) in [5, 5.41) is 3.14. The Kier molecular flexibility index (Phi) is 5.64. The molecule has 0 unspecified atom stereocenters. The lowest BCUT2D eigenvalue weighted by Gasteiger charge is -2.12. The van der Waals surface area contributed by atoms with Crippen molar-refractivity contribution in [3.05, 3.63) is 57.1 Å². The molecule has 0 aromatic heterocycles. The van der Waals surface area contributed by atoms with Gasteiger partial charge < -0.3 is 10.1 Å².